The van der Waals surface area contributed by atoms with Gasteiger partial charge in [-0.15, -0.1) is 0 Å². The average molecular weight is 371 g/mol. The third-order valence-corrected chi connectivity index (χ3v) is 3.50. The number of benzene rings is 2. The van der Waals surface area contributed by atoms with Gasteiger partial charge in [-0.3, -0.25) is 4.79 Å². The van der Waals surface area contributed by atoms with Crippen LogP contribution in [0.3, 0.4) is 0 Å². The van der Waals surface area contributed by atoms with Crippen LogP contribution in [-0.4, -0.2) is 39.0 Å². The third kappa shape index (κ3) is 6.22. The molecule has 0 spiro atoms. The largest absolute Gasteiger partial charge is 0.495 e. The van der Waals surface area contributed by atoms with E-state index in [1.807, 2.05) is 50.2 Å². The lowest BCUT2D eigenvalue weighted by molar-refractivity contribution is -0.119. The first-order chi connectivity index (χ1) is 13.0. The number of nitrogens with one attached hydrogen (secondary N) is 2. The molecule has 0 radical (unpaired) electrons. The maximum absolute atomic E-state index is 11.9. The number of para-hydroxylation sites is 2. The highest BCUT2D eigenvalue weighted by molar-refractivity contribution is 5.85. The molecule has 2 rings (SSSR count). The van der Waals surface area contributed by atoms with Gasteiger partial charge in [0.15, 0.2) is 11.5 Å². The molecule has 0 aromatic heterocycles. The normalized spacial score (nSPS) is 10.7. The van der Waals surface area contributed by atoms with Crippen LogP contribution in [0.4, 0.5) is 5.69 Å². The number of ether oxygens (including phenoxy) is 3. The standard InChI is InChI=1S/C20H25N3O4/c1-14(2)27-18-10-9-15(11-19(18)26-4)12-22-23-20(24)13-21-16-7-5-6-8-17(16)25-3/h5-12,14,21H,13H2,1-4H3,(H,23,24)/b22-12-. The predicted molar refractivity (Wildman–Crippen MR) is 106 cm³/mol. The molecule has 27 heavy (non-hydrogen) atoms. The Morgan fingerprint density at radius 1 is 1.07 bits per heavy atom. The maximum atomic E-state index is 11.9. The van der Waals surface area contributed by atoms with Crippen LogP contribution in [0.2, 0.25) is 0 Å². The van der Waals surface area contributed by atoms with E-state index in [9.17, 15) is 4.79 Å². The quantitative estimate of drug-likeness (QED) is 0.523. The molecule has 0 aliphatic heterocycles. The zero-order valence-electron chi connectivity index (χ0n) is 16.0. The van der Waals surface area contributed by atoms with Crippen molar-refractivity contribution in [2.45, 2.75) is 20.0 Å². The summed E-state index contributed by atoms with van der Waals surface area (Å²) in [7, 11) is 3.16. The van der Waals surface area contributed by atoms with Gasteiger partial charge in [-0.05, 0) is 49.7 Å². The van der Waals surface area contributed by atoms with Crippen molar-refractivity contribution < 1.29 is 19.0 Å². The number of hydrogen-bond donors (Lipinski definition) is 2. The number of amides is 1. The van der Waals surface area contributed by atoms with E-state index in [2.05, 4.69) is 15.8 Å². The van der Waals surface area contributed by atoms with Crippen LogP contribution in [0.15, 0.2) is 47.6 Å². The van der Waals surface area contributed by atoms with Gasteiger partial charge in [0.2, 0.25) is 0 Å². The van der Waals surface area contributed by atoms with E-state index in [1.165, 1.54) is 0 Å². The summed E-state index contributed by atoms with van der Waals surface area (Å²) in [5, 5.41) is 6.98. The van der Waals surface area contributed by atoms with E-state index in [0.717, 1.165) is 11.3 Å². The molecule has 0 unspecified atom stereocenters. The summed E-state index contributed by atoms with van der Waals surface area (Å²) in [4.78, 5) is 11.9. The number of hydrazone groups is 1. The molecule has 2 N–H and O–H groups in total. The van der Waals surface area contributed by atoms with E-state index in [4.69, 9.17) is 14.2 Å². The minimum absolute atomic E-state index is 0.0495. The van der Waals surface area contributed by atoms with Crippen molar-refractivity contribution in [1.82, 2.24) is 5.43 Å². The molecule has 0 fully saturated rings. The Morgan fingerprint density at radius 2 is 1.81 bits per heavy atom. The Labute approximate surface area is 159 Å². The number of carbonyl (C=O) groups excluding carboxylic acids is 1. The van der Waals surface area contributed by atoms with Crippen molar-refractivity contribution >= 4 is 17.8 Å². The Hall–Kier alpha value is -3.22. The van der Waals surface area contributed by atoms with Gasteiger partial charge in [0.05, 0.1) is 38.8 Å². The summed E-state index contributed by atoms with van der Waals surface area (Å²) < 4.78 is 16.2. The molecule has 2 aromatic carbocycles. The molecule has 0 aliphatic rings. The van der Waals surface area contributed by atoms with Crippen molar-refractivity contribution in [3.63, 3.8) is 0 Å². The minimum atomic E-state index is -0.274. The van der Waals surface area contributed by atoms with Crippen molar-refractivity contribution in [2.24, 2.45) is 5.10 Å². The number of nitrogens with zero attached hydrogens (tertiary/aromatic N) is 1. The molecule has 7 nitrogen and oxygen atoms in total. The highest BCUT2D eigenvalue weighted by Gasteiger charge is 2.07. The van der Waals surface area contributed by atoms with E-state index >= 15 is 0 Å². The molecule has 0 atom stereocenters. The predicted octanol–water partition coefficient (Wildman–Crippen LogP) is 3.05. The number of rotatable bonds is 9. The van der Waals surface area contributed by atoms with Gasteiger partial charge >= 0.3 is 0 Å². The van der Waals surface area contributed by atoms with Crippen LogP contribution >= 0.6 is 0 Å². The van der Waals surface area contributed by atoms with Crippen molar-refractivity contribution in [1.29, 1.82) is 0 Å². The second-order valence-corrected chi connectivity index (χ2v) is 5.92. The fourth-order valence-electron chi connectivity index (χ4n) is 2.30. The highest BCUT2D eigenvalue weighted by Crippen LogP contribution is 2.28. The SMILES string of the molecule is COc1ccccc1NCC(=O)N/N=C\c1ccc(OC(C)C)c(OC)c1. The summed E-state index contributed by atoms with van der Waals surface area (Å²) in [6, 6.07) is 12.8. The summed E-state index contributed by atoms with van der Waals surface area (Å²) in [5.74, 6) is 1.67. The summed E-state index contributed by atoms with van der Waals surface area (Å²) in [6.07, 6.45) is 1.59. The molecule has 0 heterocycles. The van der Waals surface area contributed by atoms with E-state index in [-0.39, 0.29) is 18.6 Å². The smallest absolute Gasteiger partial charge is 0.259 e. The molecule has 1 amide bonds. The minimum Gasteiger partial charge on any atom is -0.495 e. The van der Waals surface area contributed by atoms with Gasteiger partial charge < -0.3 is 19.5 Å². The fourth-order valence-corrected chi connectivity index (χ4v) is 2.30. The number of methoxy groups -OCH3 is 2. The maximum Gasteiger partial charge on any atom is 0.259 e. The molecule has 0 aliphatic carbocycles. The van der Waals surface area contributed by atoms with Gasteiger partial charge in [0.25, 0.3) is 5.91 Å². The van der Waals surface area contributed by atoms with Gasteiger partial charge in [-0.1, -0.05) is 12.1 Å². The molecule has 2 aromatic rings. The van der Waals surface area contributed by atoms with E-state index < -0.39 is 0 Å². The highest BCUT2D eigenvalue weighted by atomic mass is 16.5. The second kappa shape index (κ2) is 10.1. The van der Waals surface area contributed by atoms with Crippen molar-refractivity contribution in [3.8, 4) is 17.2 Å². The Morgan fingerprint density at radius 3 is 2.52 bits per heavy atom. The summed E-state index contributed by atoms with van der Waals surface area (Å²) in [5.41, 5.74) is 4.00. The molecule has 144 valence electrons. The van der Waals surface area contributed by atoms with Gasteiger partial charge in [0, 0.05) is 0 Å². The van der Waals surface area contributed by atoms with Crippen LogP contribution in [0, 0.1) is 0 Å². The lowest BCUT2D eigenvalue weighted by atomic mass is 10.2. The van der Waals surface area contributed by atoms with E-state index in [0.29, 0.717) is 17.2 Å². The molecule has 7 heteroatoms. The first-order valence-electron chi connectivity index (χ1n) is 8.57. The third-order valence-electron chi connectivity index (χ3n) is 3.50. The van der Waals surface area contributed by atoms with Crippen molar-refractivity contribution in [2.75, 3.05) is 26.1 Å². The van der Waals surface area contributed by atoms with Crippen molar-refractivity contribution in [3.05, 3.63) is 48.0 Å². The molecular formula is C20H25N3O4. The van der Waals surface area contributed by atoms with Crippen LogP contribution in [0.5, 0.6) is 17.2 Å². The van der Waals surface area contributed by atoms with Crippen LogP contribution in [0.1, 0.15) is 19.4 Å². The van der Waals surface area contributed by atoms with Crippen LogP contribution in [0.25, 0.3) is 0 Å². The van der Waals surface area contributed by atoms with Gasteiger partial charge in [-0.2, -0.15) is 5.10 Å². The first kappa shape index (κ1) is 20.1. The Balaban J connectivity index is 1.90. The lowest BCUT2D eigenvalue weighted by Gasteiger charge is -2.13. The van der Waals surface area contributed by atoms with Gasteiger partial charge in [-0.25, -0.2) is 5.43 Å². The lowest BCUT2D eigenvalue weighted by Crippen LogP contribution is -2.26. The summed E-state index contributed by atoms with van der Waals surface area (Å²) >= 11 is 0. The second-order valence-electron chi connectivity index (χ2n) is 5.92. The van der Waals surface area contributed by atoms with E-state index in [1.54, 1.807) is 26.5 Å². The molecular weight excluding hydrogens is 346 g/mol. The Kier molecular flexibility index (Phi) is 7.49. The zero-order chi connectivity index (χ0) is 19.6. The number of hydrogen-bond acceptors (Lipinski definition) is 6. The van der Waals surface area contributed by atoms with Crippen LogP contribution < -0.4 is 25.0 Å². The molecule has 0 saturated carbocycles. The molecule has 0 bridgehead atoms. The Bertz CT molecular complexity index is 791. The average Bonchev–Trinajstić information content (AvgIpc) is 2.67. The topological polar surface area (TPSA) is 81.2 Å². The fraction of sp³-hybridized carbons (Fsp3) is 0.300. The van der Waals surface area contributed by atoms with Gasteiger partial charge in [0.1, 0.15) is 5.75 Å². The summed E-state index contributed by atoms with van der Waals surface area (Å²) in [6.45, 7) is 3.97. The zero-order valence-corrected chi connectivity index (χ0v) is 16.0. The number of carbonyl (C=O) groups is 1. The molecule has 0 saturated heterocycles. The number of anilines is 1. The monoisotopic (exact) mass is 371 g/mol. The van der Waals surface area contributed by atoms with Crippen LogP contribution in [-0.2, 0) is 4.79 Å². The first-order valence-corrected chi connectivity index (χ1v) is 8.57.